The van der Waals surface area contributed by atoms with Crippen molar-refractivity contribution in [1.82, 2.24) is 9.97 Å². The van der Waals surface area contributed by atoms with Crippen LogP contribution in [-0.4, -0.2) is 46.2 Å². The molecule has 0 saturated heterocycles. The van der Waals surface area contributed by atoms with Crippen LogP contribution in [0.3, 0.4) is 0 Å². The Balaban J connectivity index is 1.83. The van der Waals surface area contributed by atoms with Crippen LogP contribution in [0.2, 0.25) is 0 Å². The number of fused-ring (bicyclic) bond motifs is 1. The van der Waals surface area contributed by atoms with Crippen LogP contribution in [0.5, 0.6) is 0 Å². The summed E-state index contributed by atoms with van der Waals surface area (Å²) in [4.78, 5) is 12.6. The molecule has 0 aliphatic carbocycles. The normalized spacial score (nSPS) is 15.4. The molecule has 0 fully saturated rings. The van der Waals surface area contributed by atoms with E-state index >= 15 is 0 Å². The number of allylic oxidation sites excluding steroid dienone is 1. The van der Waals surface area contributed by atoms with Crippen molar-refractivity contribution in [3.8, 4) is 0 Å². The van der Waals surface area contributed by atoms with Crippen molar-refractivity contribution >= 4 is 34.5 Å². The van der Waals surface area contributed by atoms with Crippen LogP contribution in [0.25, 0.3) is 16.5 Å². The maximum atomic E-state index is 14.0. The highest BCUT2D eigenvalue weighted by molar-refractivity contribution is 5.95. The SMILES string of the molecule is CC(C)(O)C[C@H](F)CNc1nc(N)nc2cc(C3=CC=NC3)ccc12. The molecular formula is C18H22FN5O. The Morgan fingerprint density at radius 3 is 2.84 bits per heavy atom. The van der Waals surface area contributed by atoms with E-state index in [2.05, 4.69) is 20.3 Å². The molecule has 3 rings (SSSR count). The number of aliphatic hydroxyl groups is 1. The van der Waals surface area contributed by atoms with Crippen LogP contribution < -0.4 is 11.1 Å². The highest BCUT2D eigenvalue weighted by Gasteiger charge is 2.20. The summed E-state index contributed by atoms with van der Waals surface area (Å²) in [6.45, 7) is 3.86. The number of hydrogen-bond acceptors (Lipinski definition) is 6. The Labute approximate surface area is 145 Å². The molecule has 1 aliphatic heterocycles. The Hall–Kier alpha value is -2.54. The van der Waals surface area contributed by atoms with Gasteiger partial charge in [0.25, 0.3) is 0 Å². The molecule has 2 heterocycles. The molecule has 1 atom stereocenters. The number of benzene rings is 1. The van der Waals surface area contributed by atoms with E-state index in [0.29, 0.717) is 17.9 Å². The van der Waals surface area contributed by atoms with Gasteiger partial charge in [-0.25, -0.2) is 9.37 Å². The first kappa shape index (κ1) is 17.3. The average molecular weight is 343 g/mol. The molecule has 0 amide bonds. The molecule has 132 valence electrons. The minimum Gasteiger partial charge on any atom is -0.390 e. The fourth-order valence-electron chi connectivity index (χ4n) is 2.84. The van der Waals surface area contributed by atoms with Gasteiger partial charge in [-0.3, -0.25) is 4.99 Å². The molecule has 1 aliphatic rings. The van der Waals surface area contributed by atoms with Crippen LogP contribution in [0.1, 0.15) is 25.8 Å². The Bertz CT molecular complexity index is 841. The first-order valence-corrected chi connectivity index (χ1v) is 8.19. The van der Waals surface area contributed by atoms with Gasteiger partial charge < -0.3 is 16.2 Å². The van der Waals surface area contributed by atoms with Gasteiger partial charge in [0, 0.05) is 24.6 Å². The van der Waals surface area contributed by atoms with Crippen molar-refractivity contribution < 1.29 is 9.50 Å². The topological polar surface area (TPSA) is 96.4 Å². The molecule has 1 aromatic carbocycles. The zero-order chi connectivity index (χ0) is 18.0. The van der Waals surface area contributed by atoms with Gasteiger partial charge in [0.2, 0.25) is 5.95 Å². The lowest BCUT2D eigenvalue weighted by atomic mass is 10.0. The molecule has 25 heavy (non-hydrogen) atoms. The molecule has 0 radical (unpaired) electrons. The Morgan fingerprint density at radius 1 is 1.36 bits per heavy atom. The Kier molecular flexibility index (Phi) is 4.67. The maximum absolute atomic E-state index is 14.0. The Morgan fingerprint density at radius 2 is 2.16 bits per heavy atom. The summed E-state index contributed by atoms with van der Waals surface area (Å²) in [6, 6.07) is 5.80. The lowest BCUT2D eigenvalue weighted by Gasteiger charge is -2.20. The molecule has 7 heteroatoms. The van der Waals surface area contributed by atoms with Gasteiger partial charge >= 0.3 is 0 Å². The minimum atomic E-state index is -1.20. The predicted octanol–water partition coefficient (Wildman–Crippen LogP) is 2.59. The average Bonchev–Trinajstić information content (AvgIpc) is 3.04. The van der Waals surface area contributed by atoms with E-state index in [-0.39, 0.29) is 18.9 Å². The molecule has 0 bridgehead atoms. The van der Waals surface area contributed by atoms with Crippen LogP contribution in [0, 0.1) is 0 Å². The summed E-state index contributed by atoms with van der Waals surface area (Å²) >= 11 is 0. The second-order valence-electron chi connectivity index (χ2n) is 6.84. The molecule has 0 saturated carbocycles. The minimum absolute atomic E-state index is 0.0380. The third kappa shape index (κ3) is 4.30. The number of anilines is 2. The third-order valence-corrected chi connectivity index (χ3v) is 3.94. The van der Waals surface area contributed by atoms with Gasteiger partial charge in [0.05, 0.1) is 17.7 Å². The van der Waals surface area contributed by atoms with Gasteiger partial charge in [0.15, 0.2) is 0 Å². The van der Waals surface area contributed by atoms with Crippen LogP contribution >= 0.6 is 0 Å². The number of rotatable bonds is 6. The van der Waals surface area contributed by atoms with E-state index in [1.807, 2.05) is 24.3 Å². The van der Waals surface area contributed by atoms with E-state index < -0.39 is 11.8 Å². The van der Waals surface area contributed by atoms with E-state index in [0.717, 1.165) is 16.5 Å². The number of nitrogens with zero attached hydrogens (tertiary/aromatic N) is 3. The number of nitrogens with one attached hydrogen (secondary N) is 1. The van der Waals surface area contributed by atoms with Crippen molar-refractivity contribution in [3.63, 3.8) is 0 Å². The van der Waals surface area contributed by atoms with E-state index in [1.165, 1.54) is 0 Å². The number of nitrogen functional groups attached to an aromatic ring is 1. The number of aliphatic imine (C=N–C) groups is 1. The van der Waals surface area contributed by atoms with Crippen molar-refractivity contribution in [1.29, 1.82) is 0 Å². The molecular weight excluding hydrogens is 321 g/mol. The lowest BCUT2D eigenvalue weighted by Crippen LogP contribution is -2.28. The summed E-state index contributed by atoms with van der Waals surface area (Å²) in [5.74, 6) is 0.616. The standard InChI is InChI=1S/C18H22FN5O/c1-18(2,25)8-13(19)10-22-16-14-4-3-11(12-5-6-21-9-12)7-15(14)23-17(20)24-16/h3-7,13,25H,8-10H2,1-2H3,(H3,20,22,23,24)/t13-/m0/s1. The van der Waals surface area contributed by atoms with Gasteiger partial charge in [0.1, 0.15) is 12.0 Å². The summed E-state index contributed by atoms with van der Waals surface area (Å²) in [5.41, 5.74) is 7.58. The monoisotopic (exact) mass is 343 g/mol. The predicted molar refractivity (Wildman–Crippen MR) is 99.6 cm³/mol. The van der Waals surface area contributed by atoms with Gasteiger partial charge in [-0.2, -0.15) is 4.98 Å². The summed E-state index contributed by atoms with van der Waals surface area (Å²) < 4.78 is 14.0. The zero-order valence-corrected chi connectivity index (χ0v) is 14.3. The van der Waals surface area contributed by atoms with E-state index in [9.17, 15) is 9.50 Å². The van der Waals surface area contributed by atoms with Crippen LogP contribution in [0.4, 0.5) is 16.2 Å². The number of alkyl halides is 1. The maximum Gasteiger partial charge on any atom is 0.222 e. The van der Waals surface area contributed by atoms with Gasteiger partial charge in [-0.1, -0.05) is 6.07 Å². The highest BCUT2D eigenvalue weighted by atomic mass is 19.1. The molecule has 4 N–H and O–H groups in total. The molecule has 6 nitrogen and oxygen atoms in total. The third-order valence-electron chi connectivity index (χ3n) is 3.94. The lowest BCUT2D eigenvalue weighted by molar-refractivity contribution is 0.0465. The fourth-order valence-corrected chi connectivity index (χ4v) is 2.84. The van der Waals surface area contributed by atoms with E-state index in [1.54, 1.807) is 20.1 Å². The first-order chi connectivity index (χ1) is 11.8. The van der Waals surface area contributed by atoms with Crippen molar-refractivity contribution in [3.05, 3.63) is 29.8 Å². The molecule has 0 unspecified atom stereocenters. The summed E-state index contributed by atoms with van der Waals surface area (Å²) in [7, 11) is 0. The smallest absolute Gasteiger partial charge is 0.222 e. The van der Waals surface area contributed by atoms with Crippen molar-refractivity contribution in [2.75, 3.05) is 24.1 Å². The number of aromatic nitrogens is 2. The van der Waals surface area contributed by atoms with Gasteiger partial charge in [-0.05, 0) is 43.2 Å². The highest BCUT2D eigenvalue weighted by Crippen LogP contribution is 2.26. The molecule has 1 aromatic heterocycles. The van der Waals surface area contributed by atoms with Crippen molar-refractivity contribution in [2.24, 2.45) is 4.99 Å². The second-order valence-corrected chi connectivity index (χ2v) is 6.84. The number of nitrogens with two attached hydrogens (primary N) is 1. The van der Waals surface area contributed by atoms with Crippen LogP contribution in [-0.2, 0) is 0 Å². The fraction of sp³-hybridized carbons (Fsp3) is 0.389. The summed E-state index contributed by atoms with van der Waals surface area (Å²) in [5, 5.41) is 13.5. The largest absolute Gasteiger partial charge is 0.390 e. The summed E-state index contributed by atoms with van der Waals surface area (Å²) in [6.07, 6.45) is 2.59. The van der Waals surface area contributed by atoms with Crippen molar-refractivity contribution in [2.45, 2.75) is 32.0 Å². The first-order valence-electron chi connectivity index (χ1n) is 8.19. The zero-order valence-electron chi connectivity index (χ0n) is 14.3. The molecule has 2 aromatic rings. The van der Waals surface area contributed by atoms with Crippen LogP contribution in [0.15, 0.2) is 29.3 Å². The van der Waals surface area contributed by atoms with Gasteiger partial charge in [-0.15, -0.1) is 0 Å². The van der Waals surface area contributed by atoms with E-state index in [4.69, 9.17) is 5.73 Å². The molecule has 0 spiro atoms. The number of halogens is 1. The number of hydrogen-bond donors (Lipinski definition) is 3. The quantitative estimate of drug-likeness (QED) is 0.749. The second kappa shape index (κ2) is 6.76.